The molecule has 2 heterocycles. The van der Waals surface area contributed by atoms with Crippen LogP contribution in [0.25, 0.3) is 0 Å². The van der Waals surface area contributed by atoms with Crippen LogP contribution in [0.1, 0.15) is 12.0 Å². The summed E-state index contributed by atoms with van der Waals surface area (Å²) in [6.45, 7) is 0.459. The van der Waals surface area contributed by atoms with Crippen molar-refractivity contribution < 1.29 is 19.0 Å². The molecule has 0 saturated carbocycles. The van der Waals surface area contributed by atoms with Crippen molar-refractivity contribution in [1.82, 2.24) is 4.90 Å². The lowest BCUT2D eigenvalue weighted by molar-refractivity contribution is -0.140. The average molecular weight is 293 g/mol. The summed E-state index contributed by atoms with van der Waals surface area (Å²) >= 11 is 0. The number of ether oxygens (including phenoxy) is 1. The molecular formula is C14H16FN3O3. The van der Waals surface area contributed by atoms with Crippen molar-refractivity contribution in [3.05, 3.63) is 29.6 Å². The number of aromatic hydroxyl groups is 1. The van der Waals surface area contributed by atoms with E-state index in [-0.39, 0.29) is 29.8 Å². The Morgan fingerprint density at radius 3 is 3.10 bits per heavy atom. The maximum absolute atomic E-state index is 14.3. The van der Waals surface area contributed by atoms with Gasteiger partial charge in [0.05, 0.1) is 12.5 Å². The van der Waals surface area contributed by atoms with E-state index in [0.717, 1.165) is 6.07 Å². The molecule has 2 aliphatic rings. The molecule has 112 valence electrons. The number of hydrogen-bond acceptors (Lipinski definition) is 5. The summed E-state index contributed by atoms with van der Waals surface area (Å²) in [6, 6.07) is 3.68. The third-order valence-electron chi connectivity index (χ3n) is 4.15. The second-order valence-electron chi connectivity index (χ2n) is 5.35. The van der Waals surface area contributed by atoms with Gasteiger partial charge >= 0.3 is 0 Å². The molecule has 2 unspecified atom stereocenters. The first kappa shape index (κ1) is 13.8. The highest BCUT2D eigenvalue weighted by Gasteiger charge is 2.52. The Bertz CT molecular complexity index is 634. The zero-order chi connectivity index (χ0) is 15.2. The van der Waals surface area contributed by atoms with E-state index in [0.29, 0.717) is 13.0 Å². The SMILES string of the molecule is CN1C(=O)C2CCOCC2(c2cc(O)ccc2F)N=C1N. The number of phenolic OH excluding ortho intramolecular Hbond substituents is 1. The van der Waals surface area contributed by atoms with E-state index in [9.17, 15) is 14.3 Å². The molecule has 6 nitrogen and oxygen atoms in total. The number of benzene rings is 1. The number of carbonyl (C=O) groups is 1. The summed E-state index contributed by atoms with van der Waals surface area (Å²) in [5.41, 5.74) is 4.72. The standard InChI is InChI=1S/C14H16FN3O3/c1-18-12(20)9-4-5-21-7-14(9,17-13(18)16)10-6-8(19)2-3-11(10)15/h2-3,6,9,19H,4-5,7H2,1H3,(H2,16,17). The molecule has 2 aliphatic heterocycles. The number of aliphatic imine (C=N–C) groups is 1. The third-order valence-corrected chi connectivity index (χ3v) is 4.15. The van der Waals surface area contributed by atoms with E-state index < -0.39 is 17.3 Å². The first-order chi connectivity index (χ1) is 9.95. The van der Waals surface area contributed by atoms with Crippen LogP contribution in [0.15, 0.2) is 23.2 Å². The lowest BCUT2D eigenvalue weighted by Crippen LogP contribution is -2.58. The predicted octanol–water partition coefficient (Wildman–Crippen LogP) is 0.550. The second kappa shape index (κ2) is 4.70. The van der Waals surface area contributed by atoms with Gasteiger partial charge in [0.1, 0.15) is 17.1 Å². The van der Waals surface area contributed by atoms with Crippen molar-refractivity contribution in [2.45, 2.75) is 12.0 Å². The van der Waals surface area contributed by atoms with E-state index >= 15 is 0 Å². The van der Waals surface area contributed by atoms with Crippen molar-refractivity contribution in [2.75, 3.05) is 20.3 Å². The number of hydrogen-bond donors (Lipinski definition) is 2. The van der Waals surface area contributed by atoms with Crippen LogP contribution in [0, 0.1) is 11.7 Å². The van der Waals surface area contributed by atoms with Crippen molar-refractivity contribution >= 4 is 11.9 Å². The molecule has 1 aromatic rings. The van der Waals surface area contributed by atoms with Crippen LogP contribution in [0.3, 0.4) is 0 Å². The van der Waals surface area contributed by atoms with Crippen LogP contribution in [0.4, 0.5) is 4.39 Å². The van der Waals surface area contributed by atoms with Gasteiger partial charge in [-0.2, -0.15) is 0 Å². The van der Waals surface area contributed by atoms with Crippen LogP contribution in [-0.4, -0.2) is 42.1 Å². The van der Waals surface area contributed by atoms with Gasteiger partial charge in [0.2, 0.25) is 5.91 Å². The predicted molar refractivity (Wildman–Crippen MR) is 73.1 cm³/mol. The molecule has 3 N–H and O–H groups in total. The topological polar surface area (TPSA) is 88.2 Å². The number of nitrogens with two attached hydrogens (primary N) is 1. The Morgan fingerprint density at radius 1 is 1.57 bits per heavy atom. The number of carbonyl (C=O) groups excluding carboxylic acids is 1. The number of halogens is 1. The fourth-order valence-electron chi connectivity index (χ4n) is 3.00. The highest BCUT2D eigenvalue weighted by molar-refractivity contribution is 6.00. The van der Waals surface area contributed by atoms with Crippen molar-refractivity contribution in [3.8, 4) is 5.75 Å². The molecule has 0 aromatic heterocycles. The second-order valence-corrected chi connectivity index (χ2v) is 5.35. The van der Waals surface area contributed by atoms with Gasteiger partial charge in [-0.1, -0.05) is 0 Å². The maximum Gasteiger partial charge on any atom is 0.235 e. The Labute approximate surface area is 121 Å². The third kappa shape index (κ3) is 1.96. The van der Waals surface area contributed by atoms with Gasteiger partial charge in [-0.05, 0) is 24.6 Å². The summed E-state index contributed by atoms with van der Waals surface area (Å²) in [5, 5.41) is 9.66. The molecule has 3 rings (SSSR count). The molecule has 7 heteroatoms. The molecule has 21 heavy (non-hydrogen) atoms. The minimum absolute atomic E-state index is 0.0180. The number of fused-ring (bicyclic) bond motifs is 1. The van der Waals surface area contributed by atoms with Gasteiger partial charge in [-0.15, -0.1) is 0 Å². The zero-order valence-corrected chi connectivity index (χ0v) is 11.5. The van der Waals surface area contributed by atoms with E-state index in [2.05, 4.69) is 4.99 Å². The Kier molecular flexibility index (Phi) is 3.09. The summed E-state index contributed by atoms with van der Waals surface area (Å²) < 4.78 is 19.7. The highest BCUT2D eigenvalue weighted by atomic mass is 19.1. The molecular weight excluding hydrogens is 277 g/mol. The maximum atomic E-state index is 14.3. The van der Waals surface area contributed by atoms with Crippen LogP contribution >= 0.6 is 0 Å². The molecule has 1 amide bonds. The average Bonchev–Trinajstić information content (AvgIpc) is 2.47. The van der Waals surface area contributed by atoms with Crippen LogP contribution in [0.5, 0.6) is 5.75 Å². The number of phenols is 1. The lowest BCUT2D eigenvalue weighted by Gasteiger charge is -2.45. The summed E-state index contributed by atoms with van der Waals surface area (Å²) in [5.74, 6) is -1.39. The highest BCUT2D eigenvalue weighted by Crippen LogP contribution is 2.44. The van der Waals surface area contributed by atoms with Gasteiger partial charge in [0, 0.05) is 19.2 Å². The van der Waals surface area contributed by atoms with Crippen LogP contribution in [-0.2, 0) is 15.1 Å². The van der Waals surface area contributed by atoms with E-state index in [1.807, 2.05) is 0 Å². The molecule has 0 radical (unpaired) electrons. The van der Waals surface area contributed by atoms with Crippen molar-refractivity contribution in [3.63, 3.8) is 0 Å². The molecule has 0 aliphatic carbocycles. The summed E-state index contributed by atoms with van der Waals surface area (Å²) in [6.07, 6.45) is 0.426. The number of guanidine groups is 1. The molecule has 1 aromatic carbocycles. The Morgan fingerprint density at radius 2 is 2.33 bits per heavy atom. The van der Waals surface area contributed by atoms with Gasteiger partial charge in [0.15, 0.2) is 5.96 Å². The molecule has 1 saturated heterocycles. The molecule has 2 atom stereocenters. The molecule has 0 bridgehead atoms. The molecule has 0 spiro atoms. The van der Waals surface area contributed by atoms with Crippen LogP contribution in [0.2, 0.25) is 0 Å². The van der Waals surface area contributed by atoms with Gasteiger partial charge < -0.3 is 15.6 Å². The van der Waals surface area contributed by atoms with Gasteiger partial charge in [-0.3, -0.25) is 9.69 Å². The van der Waals surface area contributed by atoms with Gasteiger partial charge in [0.25, 0.3) is 0 Å². The van der Waals surface area contributed by atoms with Crippen molar-refractivity contribution in [2.24, 2.45) is 16.6 Å². The number of rotatable bonds is 1. The minimum atomic E-state index is -1.21. The number of amides is 1. The Hall–Kier alpha value is -2.15. The first-order valence-corrected chi connectivity index (χ1v) is 6.65. The lowest BCUT2D eigenvalue weighted by atomic mass is 9.74. The fraction of sp³-hybridized carbons (Fsp3) is 0.429. The largest absolute Gasteiger partial charge is 0.508 e. The quantitative estimate of drug-likeness (QED) is 0.791. The monoisotopic (exact) mass is 293 g/mol. The van der Waals surface area contributed by atoms with E-state index in [1.54, 1.807) is 7.05 Å². The van der Waals surface area contributed by atoms with E-state index in [4.69, 9.17) is 10.5 Å². The fourth-order valence-corrected chi connectivity index (χ4v) is 3.00. The van der Waals surface area contributed by atoms with Crippen molar-refractivity contribution in [1.29, 1.82) is 0 Å². The summed E-state index contributed by atoms with van der Waals surface area (Å²) in [7, 11) is 1.54. The Balaban J connectivity index is 2.23. The molecule has 1 fully saturated rings. The zero-order valence-electron chi connectivity index (χ0n) is 11.5. The van der Waals surface area contributed by atoms with E-state index in [1.165, 1.54) is 17.0 Å². The first-order valence-electron chi connectivity index (χ1n) is 6.65. The van der Waals surface area contributed by atoms with Crippen LogP contribution < -0.4 is 5.73 Å². The smallest absolute Gasteiger partial charge is 0.235 e. The minimum Gasteiger partial charge on any atom is -0.508 e. The van der Waals surface area contributed by atoms with Gasteiger partial charge in [-0.25, -0.2) is 9.38 Å². The normalized spacial score (nSPS) is 29.0. The number of nitrogens with zero attached hydrogens (tertiary/aromatic N) is 2. The summed E-state index contributed by atoms with van der Waals surface area (Å²) in [4.78, 5) is 18.1.